The van der Waals surface area contributed by atoms with Crippen LogP contribution < -0.4 is 5.73 Å². The molecule has 3 nitrogen and oxygen atoms in total. The first kappa shape index (κ1) is 7.88. The highest BCUT2D eigenvalue weighted by Crippen LogP contribution is 2.00. The first-order valence-corrected chi connectivity index (χ1v) is 2.77. The summed E-state index contributed by atoms with van der Waals surface area (Å²) in [5, 5.41) is 8.88. The Balaban J connectivity index is 3.37. The van der Waals surface area contributed by atoms with Gasteiger partial charge in [0.2, 0.25) is 5.91 Å². The van der Waals surface area contributed by atoms with Crippen molar-refractivity contribution in [2.75, 3.05) is 6.61 Å². The van der Waals surface area contributed by atoms with Crippen molar-refractivity contribution in [3.63, 3.8) is 0 Å². The monoisotopic (exact) mass is 119 g/mol. The average Bonchev–Trinajstić information content (AvgIpc) is 1.67. The molecule has 0 fully saturated rings. The lowest BCUT2D eigenvalue weighted by atomic mass is 10.4. The van der Waals surface area contributed by atoms with Gasteiger partial charge in [0.05, 0.1) is 0 Å². The molecule has 0 aliphatic heterocycles. The van der Waals surface area contributed by atoms with Crippen molar-refractivity contribution in [1.82, 2.24) is 0 Å². The second-order valence-corrected chi connectivity index (χ2v) is 1.63. The number of aliphatic hydroxyl groups is 1. The van der Waals surface area contributed by atoms with Gasteiger partial charge in [-0.25, -0.2) is 0 Å². The van der Waals surface area contributed by atoms with E-state index in [0.717, 1.165) is 0 Å². The van der Waals surface area contributed by atoms with E-state index in [1.54, 1.807) is 13.8 Å². The van der Waals surface area contributed by atoms with E-state index in [-0.39, 0.29) is 0 Å². The topological polar surface area (TPSA) is 55.5 Å². The zero-order valence-corrected chi connectivity index (χ0v) is 5.35. The van der Waals surface area contributed by atoms with Crippen LogP contribution in [-0.4, -0.2) is 17.6 Å². The fourth-order valence-electron chi connectivity index (χ4n) is 0.352. The van der Waals surface area contributed by atoms with Crippen LogP contribution in [0.2, 0.25) is 0 Å². The molecule has 1 unspecified atom stereocenters. The highest BCUT2D eigenvalue weighted by molar-refractivity contribution is 4.50. The molecule has 3 heteroatoms. The minimum absolute atomic E-state index is 0.418. The van der Waals surface area contributed by atoms with Gasteiger partial charge in [0, 0.05) is 13.0 Å². The molecule has 0 aliphatic carbocycles. The van der Waals surface area contributed by atoms with Crippen molar-refractivity contribution in [3.05, 3.63) is 0 Å². The van der Waals surface area contributed by atoms with Crippen molar-refractivity contribution < 1.29 is 9.84 Å². The summed E-state index contributed by atoms with van der Waals surface area (Å²) in [5.41, 5.74) is 5.16. The minimum atomic E-state index is -1.41. The van der Waals surface area contributed by atoms with Crippen LogP contribution in [0.25, 0.3) is 0 Å². The van der Waals surface area contributed by atoms with Gasteiger partial charge in [0.25, 0.3) is 0 Å². The molecule has 0 saturated heterocycles. The third-order valence-corrected chi connectivity index (χ3v) is 0.901. The molecule has 0 spiro atoms. The molecule has 0 aromatic rings. The molecule has 0 radical (unpaired) electrons. The normalized spacial score (nSPS) is 18.0. The van der Waals surface area contributed by atoms with E-state index in [9.17, 15) is 0 Å². The Hall–Kier alpha value is -0.120. The molecule has 0 rings (SSSR count). The van der Waals surface area contributed by atoms with Crippen LogP contribution in [0.3, 0.4) is 0 Å². The number of nitrogens with two attached hydrogens (primary N) is 1. The van der Waals surface area contributed by atoms with Crippen molar-refractivity contribution in [1.29, 1.82) is 0 Å². The van der Waals surface area contributed by atoms with Gasteiger partial charge in [0.1, 0.15) is 0 Å². The third kappa shape index (κ3) is 2.96. The Bertz CT molecular complexity index is 63.4. The number of rotatable bonds is 3. The van der Waals surface area contributed by atoms with Crippen LogP contribution in [0.5, 0.6) is 0 Å². The maximum atomic E-state index is 8.88. The van der Waals surface area contributed by atoms with Crippen molar-refractivity contribution in [3.8, 4) is 0 Å². The molecule has 1 atom stereocenters. The van der Waals surface area contributed by atoms with Crippen LogP contribution >= 0.6 is 0 Å². The highest BCUT2D eigenvalue weighted by atomic mass is 16.6. The van der Waals surface area contributed by atoms with E-state index >= 15 is 0 Å². The molecule has 0 heterocycles. The molecule has 3 N–H and O–H groups in total. The predicted octanol–water partition coefficient (Wildman–Crippen LogP) is 0.0377. The van der Waals surface area contributed by atoms with E-state index in [0.29, 0.717) is 13.0 Å². The SMILES string of the molecule is CCOC(N)(O)CC. The van der Waals surface area contributed by atoms with Crippen molar-refractivity contribution in [2.45, 2.75) is 26.2 Å². The molecular weight excluding hydrogens is 106 g/mol. The predicted molar refractivity (Wildman–Crippen MR) is 31.1 cm³/mol. The zero-order chi connectivity index (χ0) is 6.62. The Morgan fingerprint density at radius 2 is 2.12 bits per heavy atom. The van der Waals surface area contributed by atoms with Gasteiger partial charge in [0.15, 0.2) is 0 Å². The van der Waals surface area contributed by atoms with Crippen molar-refractivity contribution >= 4 is 0 Å². The van der Waals surface area contributed by atoms with E-state index in [4.69, 9.17) is 15.6 Å². The molecular formula is C5H13NO2. The standard InChI is InChI=1S/C5H13NO2/c1-3-5(6,7)8-4-2/h7H,3-4,6H2,1-2H3. The Morgan fingerprint density at radius 1 is 1.62 bits per heavy atom. The molecule has 0 amide bonds. The average molecular weight is 119 g/mol. The molecule has 0 bridgehead atoms. The summed E-state index contributed by atoms with van der Waals surface area (Å²) in [6, 6.07) is 0. The van der Waals surface area contributed by atoms with Crippen LogP contribution in [-0.2, 0) is 4.74 Å². The lowest BCUT2D eigenvalue weighted by Crippen LogP contribution is -2.41. The smallest absolute Gasteiger partial charge is 0.221 e. The van der Waals surface area contributed by atoms with Crippen LogP contribution in [0.4, 0.5) is 0 Å². The maximum Gasteiger partial charge on any atom is 0.221 e. The summed E-state index contributed by atoms with van der Waals surface area (Å²) in [4.78, 5) is 0. The second kappa shape index (κ2) is 3.02. The van der Waals surface area contributed by atoms with E-state index in [1.807, 2.05) is 0 Å². The zero-order valence-electron chi connectivity index (χ0n) is 5.35. The van der Waals surface area contributed by atoms with E-state index < -0.39 is 5.91 Å². The van der Waals surface area contributed by atoms with Crippen LogP contribution in [0.1, 0.15) is 20.3 Å². The molecule has 50 valence electrons. The summed E-state index contributed by atoms with van der Waals surface area (Å²) < 4.78 is 4.71. The number of ether oxygens (including phenoxy) is 1. The van der Waals surface area contributed by atoms with Gasteiger partial charge < -0.3 is 9.84 Å². The number of hydrogen-bond acceptors (Lipinski definition) is 3. The third-order valence-electron chi connectivity index (χ3n) is 0.901. The Morgan fingerprint density at radius 3 is 2.25 bits per heavy atom. The molecule has 0 aromatic carbocycles. The quantitative estimate of drug-likeness (QED) is 0.516. The Kier molecular flexibility index (Phi) is 2.97. The van der Waals surface area contributed by atoms with Gasteiger partial charge in [-0.05, 0) is 6.92 Å². The summed E-state index contributed by atoms with van der Waals surface area (Å²) in [6.45, 7) is 3.99. The van der Waals surface area contributed by atoms with Gasteiger partial charge in [-0.15, -0.1) is 0 Å². The van der Waals surface area contributed by atoms with Gasteiger partial charge in [-0.3, -0.25) is 5.73 Å². The van der Waals surface area contributed by atoms with Crippen LogP contribution in [0, 0.1) is 0 Å². The second-order valence-electron chi connectivity index (χ2n) is 1.63. The number of hydrogen-bond donors (Lipinski definition) is 2. The molecule has 8 heavy (non-hydrogen) atoms. The van der Waals surface area contributed by atoms with E-state index in [2.05, 4.69) is 0 Å². The largest absolute Gasteiger partial charge is 0.353 e. The van der Waals surface area contributed by atoms with Gasteiger partial charge in [-0.1, -0.05) is 6.92 Å². The van der Waals surface area contributed by atoms with E-state index in [1.165, 1.54) is 0 Å². The molecule has 0 saturated carbocycles. The molecule has 0 aliphatic rings. The lowest BCUT2D eigenvalue weighted by Gasteiger charge is -2.19. The summed E-state index contributed by atoms with van der Waals surface area (Å²) in [7, 11) is 0. The fourth-order valence-corrected chi connectivity index (χ4v) is 0.352. The molecule has 0 aromatic heterocycles. The Labute approximate surface area is 49.4 Å². The first-order chi connectivity index (χ1) is 3.62. The van der Waals surface area contributed by atoms with Gasteiger partial charge >= 0.3 is 0 Å². The highest BCUT2D eigenvalue weighted by Gasteiger charge is 2.16. The van der Waals surface area contributed by atoms with Crippen molar-refractivity contribution in [2.24, 2.45) is 5.73 Å². The first-order valence-electron chi connectivity index (χ1n) is 2.77. The summed E-state index contributed by atoms with van der Waals surface area (Å²) in [5.74, 6) is -1.41. The lowest BCUT2D eigenvalue weighted by molar-refractivity contribution is -0.197. The van der Waals surface area contributed by atoms with Gasteiger partial charge in [-0.2, -0.15) is 0 Å². The summed E-state index contributed by atoms with van der Waals surface area (Å²) >= 11 is 0. The minimum Gasteiger partial charge on any atom is -0.353 e. The maximum absolute atomic E-state index is 8.88. The fraction of sp³-hybridized carbons (Fsp3) is 1.00. The summed E-state index contributed by atoms with van der Waals surface area (Å²) in [6.07, 6.45) is 0.418. The van der Waals surface area contributed by atoms with Crippen LogP contribution in [0.15, 0.2) is 0 Å².